The third kappa shape index (κ3) is 1.85. The van der Waals surface area contributed by atoms with E-state index in [-0.39, 0.29) is 12.2 Å². The molecule has 1 amide bonds. The minimum atomic E-state index is -1.43. The number of rotatable bonds is 3. The summed E-state index contributed by atoms with van der Waals surface area (Å²) in [4.78, 5) is 34.8. The van der Waals surface area contributed by atoms with Gasteiger partial charge in [-0.05, 0) is 26.0 Å². The first-order valence-corrected chi connectivity index (χ1v) is 5.77. The topological polar surface area (TPSA) is 92.7 Å². The molecule has 1 atom stereocenters. The van der Waals surface area contributed by atoms with Crippen molar-refractivity contribution in [1.82, 2.24) is 0 Å². The van der Waals surface area contributed by atoms with E-state index < -0.39 is 23.3 Å². The van der Waals surface area contributed by atoms with Crippen molar-refractivity contribution in [3.63, 3.8) is 0 Å². The first-order valence-electron chi connectivity index (χ1n) is 5.77. The van der Waals surface area contributed by atoms with E-state index >= 15 is 0 Å². The molecule has 0 fully saturated rings. The zero-order valence-corrected chi connectivity index (χ0v) is 10.5. The highest BCUT2D eigenvalue weighted by atomic mass is 16.5. The second-order valence-electron chi connectivity index (χ2n) is 4.37. The van der Waals surface area contributed by atoms with Gasteiger partial charge in [0.25, 0.3) is 0 Å². The predicted octanol–water partition coefficient (Wildman–Crippen LogP) is 1.16. The van der Waals surface area contributed by atoms with Crippen LogP contribution in [0, 0.1) is 0 Å². The van der Waals surface area contributed by atoms with Crippen molar-refractivity contribution in [2.24, 2.45) is 0 Å². The largest absolute Gasteiger partial charge is 0.478 e. The van der Waals surface area contributed by atoms with Gasteiger partial charge in [-0.3, -0.25) is 9.59 Å². The van der Waals surface area contributed by atoms with Crippen LogP contribution in [-0.4, -0.2) is 29.6 Å². The average molecular weight is 263 g/mol. The molecule has 1 unspecified atom stereocenters. The van der Waals surface area contributed by atoms with E-state index in [1.54, 1.807) is 6.92 Å². The van der Waals surface area contributed by atoms with Crippen molar-refractivity contribution < 1.29 is 24.2 Å². The maximum absolute atomic E-state index is 12.0. The summed E-state index contributed by atoms with van der Waals surface area (Å²) in [5.74, 6) is -2.25. The highest BCUT2D eigenvalue weighted by Gasteiger charge is 2.50. The molecule has 1 aromatic rings. The normalized spacial score (nSPS) is 20.6. The predicted molar refractivity (Wildman–Crippen MR) is 66.0 cm³/mol. The average Bonchev–Trinajstić information content (AvgIpc) is 2.62. The SMILES string of the molecule is CCOC(=O)C1(C)C(=O)Nc2cc(C(=O)O)ccc21. The van der Waals surface area contributed by atoms with Gasteiger partial charge in [0.2, 0.25) is 5.91 Å². The van der Waals surface area contributed by atoms with E-state index in [2.05, 4.69) is 5.32 Å². The molecular formula is C13H13NO5. The maximum Gasteiger partial charge on any atom is 0.335 e. The van der Waals surface area contributed by atoms with Gasteiger partial charge >= 0.3 is 11.9 Å². The molecule has 1 aliphatic rings. The number of carboxylic acids is 1. The van der Waals surface area contributed by atoms with E-state index in [1.807, 2.05) is 0 Å². The lowest BCUT2D eigenvalue weighted by Crippen LogP contribution is -2.40. The Morgan fingerprint density at radius 1 is 1.42 bits per heavy atom. The zero-order chi connectivity index (χ0) is 14.2. The van der Waals surface area contributed by atoms with Crippen LogP contribution in [0.1, 0.15) is 29.8 Å². The van der Waals surface area contributed by atoms with E-state index in [1.165, 1.54) is 25.1 Å². The van der Waals surface area contributed by atoms with Crippen LogP contribution in [0.5, 0.6) is 0 Å². The number of hydrogen-bond acceptors (Lipinski definition) is 4. The molecule has 2 N–H and O–H groups in total. The fourth-order valence-electron chi connectivity index (χ4n) is 2.06. The van der Waals surface area contributed by atoms with Crippen LogP contribution >= 0.6 is 0 Å². The van der Waals surface area contributed by atoms with Crippen LogP contribution in [-0.2, 0) is 19.7 Å². The molecule has 1 aliphatic heterocycles. The van der Waals surface area contributed by atoms with Crippen molar-refractivity contribution in [3.8, 4) is 0 Å². The molecule has 1 heterocycles. The number of esters is 1. The van der Waals surface area contributed by atoms with Crippen LogP contribution < -0.4 is 5.32 Å². The Bertz CT molecular complexity index is 580. The Hall–Kier alpha value is -2.37. The highest BCUT2D eigenvalue weighted by Crippen LogP contribution is 2.39. The third-order valence-corrected chi connectivity index (χ3v) is 3.19. The zero-order valence-electron chi connectivity index (χ0n) is 10.5. The van der Waals surface area contributed by atoms with Crippen molar-refractivity contribution >= 4 is 23.5 Å². The van der Waals surface area contributed by atoms with Gasteiger partial charge in [0.15, 0.2) is 5.41 Å². The third-order valence-electron chi connectivity index (χ3n) is 3.19. The molecule has 19 heavy (non-hydrogen) atoms. The molecule has 0 saturated carbocycles. The van der Waals surface area contributed by atoms with E-state index in [0.717, 1.165) is 0 Å². The van der Waals surface area contributed by atoms with Gasteiger partial charge < -0.3 is 15.2 Å². The number of carbonyl (C=O) groups is 3. The van der Waals surface area contributed by atoms with Gasteiger partial charge in [-0.15, -0.1) is 0 Å². The molecule has 0 saturated heterocycles. The minimum absolute atomic E-state index is 0.0483. The van der Waals surface area contributed by atoms with E-state index in [4.69, 9.17) is 9.84 Å². The number of aromatic carboxylic acids is 1. The summed E-state index contributed by atoms with van der Waals surface area (Å²) in [6.45, 7) is 3.29. The molecule has 100 valence electrons. The summed E-state index contributed by atoms with van der Waals surface area (Å²) in [7, 11) is 0. The molecular weight excluding hydrogens is 250 g/mol. The molecule has 0 bridgehead atoms. The summed E-state index contributed by atoms with van der Waals surface area (Å²) in [5, 5.41) is 11.4. The lowest BCUT2D eigenvalue weighted by molar-refractivity contribution is -0.152. The Kier molecular flexibility index (Phi) is 3.01. The number of amides is 1. The quantitative estimate of drug-likeness (QED) is 0.630. The monoisotopic (exact) mass is 263 g/mol. The number of anilines is 1. The van der Waals surface area contributed by atoms with Crippen molar-refractivity contribution in [3.05, 3.63) is 29.3 Å². The second kappa shape index (κ2) is 4.38. The lowest BCUT2D eigenvalue weighted by atomic mass is 9.83. The highest BCUT2D eigenvalue weighted by molar-refractivity contribution is 6.19. The molecule has 0 spiro atoms. The van der Waals surface area contributed by atoms with Crippen LogP contribution in [0.25, 0.3) is 0 Å². The fraction of sp³-hybridized carbons (Fsp3) is 0.308. The van der Waals surface area contributed by atoms with Gasteiger partial charge in [-0.2, -0.15) is 0 Å². The molecule has 0 aliphatic carbocycles. The van der Waals surface area contributed by atoms with Gasteiger partial charge in [0, 0.05) is 11.3 Å². The summed E-state index contributed by atoms with van der Waals surface area (Å²) in [6, 6.07) is 4.16. The number of nitrogens with one attached hydrogen (secondary N) is 1. The van der Waals surface area contributed by atoms with Gasteiger partial charge in [0.05, 0.1) is 12.2 Å². The molecule has 6 nitrogen and oxygen atoms in total. The molecule has 1 aromatic carbocycles. The van der Waals surface area contributed by atoms with Crippen LogP contribution in [0.2, 0.25) is 0 Å². The van der Waals surface area contributed by atoms with E-state index in [9.17, 15) is 14.4 Å². The second-order valence-corrected chi connectivity index (χ2v) is 4.37. The number of carboxylic acid groups (broad SMARTS) is 1. The summed E-state index contributed by atoms with van der Waals surface area (Å²) >= 11 is 0. The molecule has 0 radical (unpaired) electrons. The lowest BCUT2D eigenvalue weighted by Gasteiger charge is -2.19. The number of hydrogen-bond donors (Lipinski definition) is 2. The first kappa shape index (κ1) is 13.1. The Labute approximate surface area is 109 Å². The Morgan fingerprint density at radius 2 is 2.11 bits per heavy atom. The van der Waals surface area contributed by atoms with Crippen molar-refractivity contribution in [2.75, 3.05) is 11.9 Å². The summed E-state index contributed by atoms with van der Waals surface area (Å²) in [5.41, 5.74) is -0.615. The Morgan fingerprint density at radius 3 is 2.68 bits per heavy atom. The molecule has 0 aromatic heterocycles. The number of carbonyl (C=O) groups excluding carboxylic acids is 2. The number of ether oxygens (including phenoxy) is 1. The Balaban J connectivity index is 2.50. The molecule has 6 heteroatoms. The summed E-state index contributed by atoms with van der Waals surface area (Å²) < 4.78 is 4.92. The molecule has 2 rings (SSSR count). The van der Waals surface area contributed by atoms with Crippen molar-refractivity contribution in [1.29, 1.82) is 0 Å². The number of benzene rings is 1. The van der Waals surface area contributed by atoms with Crippen LogP contribution in [0.3, 0.4) is 0 Å². The van der Waals surface area contributed by atoms with Crippen LogP contribution in [0.15, 0.2) is 18.2 Å². The maximum atomic E-state index is 12.0. The fourth-order valence-corrected chi connectivity index (χ4v) is 2.06. The number of fused-ring (bicyclic) bond motifs is 1. The van der Waals surface area contributed by atoms with E-state index in [0.29, 0.717) is 11.3 Å². The van der Waals surface area contributed by atoms with Gasteiger partial charge in [0.1, 0.15) is 0 Å². The standard InChI is InChI=1S/C13H13NO5/c1-3-19-12(18)13(2)8-5-4-7(10(15)16)6-9(8)14-11(13)17/h4-6H,3H2,1-2H3,(H,14,17)(H,15,16). The van der Waals surface area contributed by atoms with Crippen LogP contribution in [0.4, 0.5) is 5.69 Å². The van der Waals surface area contributed by atoms with Gasteiger partial charge in [-0.1, -0.05) is 6.07 Å². The smallest absolute Gasteiger partial charge is 0.335 e. The van der Waals surface area contributed by atoms with Gasteiger partial charge in [-0.25, -0.2) is 4.79 Å². The summed E-state index contributed by atoms with van der Waals surface area (Å²) in [6.07, 6.45) is 0. The first-order chi connectivity index (χ1) is 8.91. The van der Waals surface area contributed by atoms with Crippen molar-refractivity contribution in [2.45, 2.75) is 19.3 Å². The minimum Gasteiger partial charge on any atom is -0.478 e.